The minimum absolute atomic E-state index is 0.144. The molecule has 1 aromatic rings. The number of carbonyl (C=O) groups is 1. The fourth-order valence-corrected chi connectivity index (χ4v) is 0.970. The number of carboxylic acid groups (broad SMARTS) is 1. The zero-order valence-corrected chi connectivity index (χ0v) is 6.33. The van der Waals surface area contributed by atoms with Crippen LogP contribution in [0.2, 0.25) is 0 Å². The Morgan fingerprint density at radius 1 is 1.55 bits per heavy atom. The molecule has 0 aliphatic rings. The second kappa shape index (κ2) is 2.30. The lowest BCUT2D eigenvalue weighted by atomic mass is 10.2. The van der Waals surface area contributed by atoms with Crippen molar-refractivity contribution in [1.82, 2.24) is 4.73 Å². The standard InChI is InChI=1S/C7H9NO3/c1-4-3-6(7(9)10)5(2)8(4)11/h3,11H,1-2H3,(H,9,10). The normalized spacial score (nSPS) is 10.0. The van der Waals surface area contributed by atoms with Crippen molar-refractivity contribution in [3.05, 3.63) is 23.0 Å². The molecule has 0 saturated carbocycles. The monoisotopic (exact) mass is 155 g/mol. The van der Waals surface area contributed by atoms with Crippen LogP contribution >= 0.6 is 0 Å². The van der Waals surface area contributed by atoms with Gasteiger partial charge in [0.2, 0.25) is 0 Å². The third-order valence-electron chi connectivity index (χ3n) is 1.63. The summed E-state index contributed by atoms with van der Waals surface area (Å²) in [6.07, 6.45) is 0. The first-order valence-corrected chi connectivity index (χ1v) is 3.15. The molecule has 0 amide bonds. The predicted molar refractivity (Wildman–Crippen MR) is 38.0 cm³/mol. The van der Waals surface area contributed by atoms with Gasteiger partial charge in [-0.15, -0.1) is 0 Å². The molecule has 1 heterocycles. The van der Waals surface area contributed by atoms with Crippen molar-refractivity contribution in [2.45, 2.75) is 13.8 Å². The molecule has 1 rings (SSSR count). The van der Waals surface area contributed by atoms with Gasteiger partial charge in [-0.25, -0.2) is 4.79 Å². The van der Waals surface area contributed by atoms with Gasteiger partial charge in [0.05, 0.1) is 17.0 Å². The van der Waals surface area contributed by atoms with Crippen LogP contribution in [0.4, 0.5) is 0 Å². The molecule has 0 saturated heterocycles. The number of rotatable bonds is 1. The van der Waals surface area contributed by atoms with Gasteiger partial charge >= 0.3 is 5.97 Å². The van der Waals surface area contributed by atoms with Crippen LogP contribution in [0.3, 0.4) is 0 Å². The van der Waals surface area contributed by atoms with Crippen molar-refractivity contribution >= 4 is 5.97 Å². The first-order valence-electron chi connectivity index (χ1n) is 3.15. The number of hydrogen-bond acceptors (Lipinski definition) is 2. The van der Waals surface area contributed by atoms with Crippen molar-refractivity contribution in [2.75, 3.05) is 0 Å². The van der Waals surface area contributed by atoms with E-state index in [-0.39, 0.29) is 5.56 Å². The van der Waals surface area contributed by atoms with Crippen LogP contribution in [0.25, 0.3) is 0 Å². The lowest BCUT2D eigenvalue weighted by molar-refractivity contribution is 0.0693. The van der Waals surface area contributed by atoms with Gasteiger partial charge in [-0.05, 0) is 19.9 Å². The zero-order valence-electron chi connectivity index (χ0n) is 6.33. The molecule has 0 bridgehead atoms. The number of hydrogen-bond donors (Lipinski definition) is 2. The Morgan fingerprint density at radius 3 is 2.27 bits per heavy atom. The lowest BCUT2D eigenvalue weighted by Crippen LogP contribution is -2.00. The van der Waals surface area contributed by atoms with Gasteiger partial charge in [0.15, 0.2) is 0 Å². The first-order chi connectivity index (χ1) is 5.04. The molecule has 0 atom stereocenters. The summed E-state index contributed by atoms with van der Waals surface area (Å²) in [6, 6.07) is 1.43. The molecule has 11 heavy (non-hydrogen) atoms. The van der Waals surface area contributed by atoms with Gasteiger partial charge in [0, 0.05) is 0 Å². The van der Waals surface area contributed by atoms with E-state index in [1.54, 1.807) is 13.8 Å². The van der Waals surface area contributed by atoms with Crippen molar-refractivity contribution in [1.29, 1.82) is 0 Å². The SMILES string of the molecule is Cc1cc(C(=O)O)c(C)n1O. The summed E-state index contributed by atoms with van der Waals surface area (Å²) in [7, 11) is 0. The van der Waals surface area contributed by atoms with Crippen LogP contribution in [0, 0.1) is 13.8 Å². The highest BCUT2D eigenvalue weighted by Crippen LogP contribution is 2.11. The minimum Gasteiger partial charge on any atom is -0.478 e. The Bertz CT molecular complexity index is 301. The number of carboxylic acids is 1. The molecule has 0 aliphatic heterocycles. The number of aryl methyl sites for hydroxylation is 1. The molecular weight excluding hydrogens is 146 g/mol. The van der Waals surface area contributed by atoms with E-state index < -0.39 is 5.97 Å². The number of aromatic carboxylic acids is 1. The van der Waals surface area contributed by atoms with Crippen molar-refractivity contribution < 1.29 is 15.1 Å². The van der Waals surface area contributed by atoms with Crippen LogP contribution in [0.5, 0.6) is 0 Å². The average molecular weight is 155 g/mol. The third-order valence-corrected chi connectivity index (χ3v) is 1.63. The maximum atomic E-state index is 10.5. The van der Waals surface area contributed by atoms with Gasteiger partial charge in [-0.2, -0.15) is 4.73 Å². The van der Waals surface area contributed by atoms with Gasteiger partial charge in [0.25, 0.3) is 0 Å². The molecular formula is C7H9NO3. The van der Waals surface area contributed by atoms with Crippen LogP contribution in [0.15, 0.2) is 6.07 Å². The molecule has 1 aromatic heterocycles. The smallest absolute Gasteiger partial charge is 0.337 e. The summed E-state index contributed by atoms with van der Waals surface area (Å²) in [6.45, 7) is 3.19. The molecule has 0 aliphatic carbocycles. The van der Waals surface area contributed by atoms with E-state index >= 15 is 0 Å². The second-order valence-electron chi connectivity index (χ2n) is 2.40. The summed E-state index contributed by atoms with van der Waals surface area (Å²) in [5.41, 5.74) is 1.03. The van der Waals surface area contributed by atoms with Gasteiger partial charge in [-0.3, -0.25) is 0 Å². The highest BCUT2D eigenvalue weighted by Gasteiger charge is 2.13. The first kappa shape index (κ1) is 7.65. The zero-order chi connectivity index (χ0) is 8.59. The van der Waals surface area contributed by atoms with E-state index in [4.69, 9.17) is 10.3 Å². The molecule has 2 N–H and O–H groups in total. The highest BCUT2D eigenvalue weighted by atomic mass is 16.5. The minimum atomic E-state index is -1.02. The van der Waals surface area contributed by atoms with E-state index in [2.05, 4.69) is 0 Å². The summed E-state index contributed by atoms with van der Waals surface area (Å²) in [5.74, 6) is -1.02. The summed E-state index contributed by atoms with van der Waals surface area (Å²) in [5, 5.41) is 17.7. The van der Waals surface area contributed by atoms with Crippen molar-refractivity contribution in [3.8, 4) is 0 Å². The molecule has 0 fully saturated rings. The van der Waals surface area contributed by atoms with Crippen LogP contribution in [0.1, 0.15) is 21.7 Å². The largest absolute Gasteiger partial charge is 0.478 e. The van der Waals surface area contributed by atoms with Crippen molar-refractivity contribution in [3.63, 3.8) is 0 Å². The molecule has 60 valence electrons. The summed E-state index contributed by atoms with van der Waals surface area (Å²) >= 11 is 0. The molecule has 4 heteroatoms. The molecule has 0 aromatic carbocycles. The Hall–Kier alpha value is -1.45. The van der Waals surface area contributed by atoms with E-state index in [9.17, 15) is 4.79 Å². The van der Waals surface area contributed by atoms with E-state index in [1.807, 2.05) is 0 Å². The van der Waals surface area contributed by atoms with Gasteiger partial charge in [-0.1, -0.05) is 0 Å². The topological polar surface area (TPSA) is 62.5 Å². The van der Waals surface area contributed by atoms with Crippen LogP contribution in [-0.4, -0.2) is 21.0 Å². The number of nitrogens with zero attached hydrogens (tertiary/aromatic N) is 1. The van der Waals surface area contributed by atoms with E-state index in [0.717, 1.165) is 4.73 Å². The van der Waals surface area contributed by atoms with Crippen LogP contribution in [-0.2, 0) is 0 Å². The average Bonchev–Trinajstić information content (AvgIpc) is 2.17. The third kappa shape index (κ3) is 1.07. The second-order valence-corrected chi connectivity index (χ2v) is 2.40. The maximum absolute atomic E-state index is 10.5. The summed E-state index contributed by atoms with van der Waals surface area (Å²) in [4.78, 5) is 10.5. The maximum Gasteiger partial charge on any atom is 0.337 e. The fraction of sp³-hybridized carbons (Fsp3) is 0.286. The molecule has 0 spiro atoms. The molecule has 0 radical (unpaired) electrons. The van der Waals surface area contributed by atoms with Gasteiger partial charge in [0.1, 0.15) is 0 Å². The van der Waals surface area contributed by atoms with Crippen molar-refractivity contribution in [2.24, 2.45) is 0 Å². The molecule has 0 unspecified atom stereocenters. The number of aromatic nitrogens is 1. The quantitative estimate of drug-likeness (QED) is 0.595. The highest BCUT2D eigenvalue weighted by molar-refractivity contribution is 5.89. The van der Waals surface area contributed by atoms with E-state index in [1.165, 1.54) is 6.07 Å². The Labute approximate surface area is 63.6 Å². The predicted octanol–water partition coefficient (Wildman–Crippen LogP) is 1.04. The lowest BCUT2D eigenvalue weighted by Gasteiger charge is -1.96. The summed E-state index contributed by atoms with van der Waals surface area (Å²) < 4.78 is 0.865. The Kier molecular flexibility index (Phi) is 1.60. The van der Waals surface area contributed by atoms with Gasteiger partial charge < -0.3 is 10.3 Å². The molecule has 4 nitrogen and oxygen atoms in total. The Balaban J connectivity index is 3.29. The van der Waals surface area contributed by atoms with E-state index in [0.29, 0.717) is 11.4 Å². The van der Waals surface area contributed by atoms with Crippen LogP contribution < -0.4 is 0 Å². The Morgan fingerprint density at radius 2 is 2.09 bits per heavy atom. The fourth-order valence-electron chi connectivity index (χ4n) is 0.970.